The van der Waals surface area contributed by atoms with Gasteiger partial charge in [-0.2, -0.15) is 0 Å². The van der Waals surface area contributed by atoms with Crippen LogP contribution in [0.4, 0.5) is 0 Å². The molecule has 1 saturated carbocycles. The van der Waals surface area contributed by atoms with E-state index in [0.717, 1.165) is 48.1 Å². The third kappa shape index (κ3) is 6.22. The summed E-state index contributed by atoms with van der Waals surface area (Å²) in [7, 11) is 0. The maximum Gasteiger partial charge on any atom is 0.250 e. The average molecular weight is 486 g/mol. The number of aromatic nitrogens is 3. The molecule has 0 bridgehead atoms. The normalized spacial score (nSPS) is 14.6. The summed E-state index contributed by atoms with van der Waals surface area (Å²) in [4.78, 5) is 21.7. The molecule has 7 nitrogen and oxygen atoms in total. The molecular formula is C29H35N5O2. The summed E-state index contributed by atoms with van der Waals surface area (Å²) in [5, 5.41) is 21.2. The zero-order valence-corrected chi connectivity index (χ0v) is 21.3. The fraction of sp³-hybridized carbons (Fsp3) is 0.379. The van der Waals surface area contributed by atoms with Crippen LogP contribution in [0.5, 0.6) is 0 Å². The molecule has 0 aliphatic heterocycles. The lowest BCUT2D eigenvalue weighted by atomic mass is 10.0. The van der Waals surface area contributed by atoms with Crippen molar-refractivity contribution in [2.75, 3.05) is 6.61 Å². The Labute approximate surface area is 212 Å². The number of pyridine rings is 1. The number of hydrogen-bond acceptors (Lipinski definition) is 6. The van der Waals surface area contributed by atoms with Gasteiger partial charge in [-0.25, -0.2) is 4.98 Å². The van der Waals surface area contributed by atoms with Gasteiger partial charge in [0.05, 0.1) is 35.6 Å². The van der Waals surface area contributed by atoms with E-state index >= 15 is 0 Å². The topological polar surface area (TPSA) is 104 Å². The van der Waals surface area contributed by atoms with Crippen LogP contribution in [0, 0.1) is 12.3 Å². The predicted octanol–water partition coefficient (Wildman–Crippen LogP) is 4.67. The number of nitrogens with zero attached hydrogens (tertiary/aromatic N) is 3. The van der Waals surface area contributed by atoms with Crippen molar-refractivity contribution in [3.05, 3.63) is 87.7 Å². The third-order valence-corrected chi connectivity index (χ3v) is 6.78. The Morgan fingerprint density at radius 1 is 1.19 bits per heavy atom. The van der Waals surface area contributed by atoms with Crippen LogP contribution in [0.25, 0.3) is 17.3 Å². The summed E-state index contributed by atoms with van der Waals surface area (Å²) in [6, 6.07) is 11.5. The minimum atomic E-state index is -0.338. The highest BCUT2D eigenvalue weighted by Crippen LogP contribution is 2.29. The molecular weight excluding hydrogens is 450 g/mol. The lowest BCUT2D eigenvalue weighted by Crippen LogP contribution is -2.42. The van der Waals surface area contributed by atoms with Crippen LogP contribution in [0.1, 0.15) is 68.1 Å². The van der Waals surface area contributed by atoms with Crippen molar-refractivity contribution < 1.29 is 5.11 Å². The number of nitrogens with one attached hydrogen (secondary N) is 2. The zero-order chi connectivity index (χ0) is 25.7. The smallest absolute Gasteiger partial charge is 0.250 e. The quantitative estimate of drug-likeness (QED) is 0.382. The van der Waals surface area contributed by atoms with Gasteiger partial charge in [-0.05, 0) is 63.0 Å². The van der Waals surface area contributed by atoms with Crippen molar-refractivity contribution in [2.24, 2.45) is 0 Å². The second kappa shape index (κ2) is 11.1. The molecule has 1 fully saturated rings. The maximum absolute atomic E-state index is 12.4. The highest BCUT2D eigenvalue weighted by atomic mass is 16.3. The monoisotopic (exact) mass is 485 g/mol. The average Bonchev–Trinajstić information content (AvgIpc) is 3.42. The van der Waals surface area contributed by atoms with E-state index in [0.29, 0.717) is 23.6 Å². The first-order valence-electron chi connectivity index (χ1n) is 12.5. The number of rotatable bonds is 9. The maximum atomic E-state index is 12.4. The summed E-state index contributed by atoms with van der Waals surface area (Å²) >= 11 is 0. The second-order valence-electron chi connectivity index (χ2n) is 10.2. The van der Waals surface area contributed by atoms with E-state index in [1.807, 2.05) is 61.9 Å². The lowest BCUT2D eigenvalue weighted by molar-refractivity contribution is 0.187. The van der Waals surface area contributed by atoms with Crippen molar-refractivity contribution in [1.82, 2.24) is 19.9 Å². The first-order chi connectivity index (χ1) is 17.3. The number of aryl methyl sites for hydroxylation is 1. The third-order valence-electron chi connectivity index (χ3n) is 6.78. The summed E-state index contributed by atoms with van der Waals surface area (Å²) in [6.07, 6.45) is 11.6. The number of aliphatic hydroxyl groups excluding tert-OH is 1. The number of hydrogen-bond donors (Lipinski definition) is 3. The van der Waals surface area contributed by atoms with Crippen LogP contribution >= 0.6 is 0 Å². The molecule has 0 amide bonds. The molecule has 4 rings (SSSR count). The summed E-state index contributed by atoms with van der Waals surface area (Å²) < 4.78 is 1.85. The van der Waals surface area contributed by atoms with E-state index in [1.165, 1.54) is 0 Å². The first kappa shape index (κ1) is 25.7. The zero-order valence-electron chi connectivity index (χ0n) is 21.3. The van der Waals surface area contributed by atoms with Crippen LogP contribution in [0.3, 0.4) is 0 Å². The molecule has 2 heterocycles. The molecule has 1 aliphatic rings. The standard InChI is InChI=1S/C29H35N5O2/c1-20-26(14-13-25(30)22-10-8-21(9-11-22)16-32-29(2,3)19-35)33-27(17-31-20)23-12-15-28(36)34(18-23)24-6-4-5-7-24/h8-15,17-18,24,30,32,35H,4-7,16,19H2,1-3H3/b14-13+,30-25?. The van der Waals surface area contributed by atoms with E-state index in [9.17, 15) is 9.90 Å². The molecule has 3 aromatic rings. The van der Waals surface area contributed by atoms with Crippen LogP contribution in [0.2, 0.25) is 0 Å². The van der Waals surface area contributed by atoms with E-state index < -0.39 is 0 Å². The van der Waals surface area contributed by atoms with Crippen molar-refractivity contribution in [3.8, 4) is 11.3 Å². The van der Waals surface area contributed by atoms with E-state index in [2.05, 4.69) is 10.3 Å². The predicted molar refractivity (Wildman–Crippen MR) is 144 cm³/mol. The van der Waals surface area contributed by atoms with Gasteiger partial charge in [0.1, 0.15) is 0 Å². The lowest BCUT2D eigenvalue weighted by Gasteiger charge is -2.23. The van der Waals surface area contributed by atoms with E-state index in [4.69, 9.17) is 10.4 Å². The molecule has 3 N–H and O–H groups in total. The Morgan fingerprint density at radius 2 is 1.92 bits per heavy atom. The van der Waals surface area contributed by atoms with Gasteiger partial charge >= 0.3 is 0 Å². The Kier molecular flexibility index (Phi) is 7.91. The molecule has 1 aromatic carbocycles. The van der Waals surface area contributed by atoms with Gasteiger partial charge in [0.25, 0.3) is 5.56 Å². The summed E-state index contributed by atoms with van der Waals surface area (Å²) in [6.45, 7) is 6.51. The van der Waals surface area contributed by atoms with E-state index in [-0.39, 0.29) is 23.7 Å². The van der Waals surface area contributed by atoms with Gasteiger partial charge in [0.2, 0.25) is 0 Å². The van der Waals surface area contributed by atoms with Crippen molar-refractivity contribution in [1.29, 1.82) is 5.41 Å². The molecule has 0 saturated heterocycles. The minimum Gasteiger partial charge on any atom is -0.394 e. The molecule has 188 valence electrons. The van der Waals surface area contributed by atoms with Gasteiger partial charge in [-0.3, -0.25) is 9.78 Å². The van der Waals surface area contributed by atoms with Gasteiger partial charge < -0.3 is 20.4 Å². The summed E-state index contributed by atoms with van der Waals surface area (Å²) in [5.41, 5.74) is 5.02. The van der Waals surface area contributed by atoms with Crippen molar-refractivity contribution >= 4 is 11.8 Å². The molecule has 0 atom stereocenters. The van der Waals surface area contributed by atoms with E-state index in [1.54, 1.807) is 24.4 Å². The van der Waals surface area contributed by atoms with Crippen LogP contribution in [-0.2, 0) is 6.54 Å². The van der Waals surface area contributed by atoms with Gasteiger partial charge in [0.15, 0.2) is 0 Å². The van der Waals surface area contributed by atoms with Gasteiger partial charge in [-0.15, -0.1) is 0 Å². The molecule has 2 aromatic heterocycles. The van der Waals surface area contributed by atoms with Crippen molar-refractivity contribution in [2.45, 2.75) is 64.6 Å². The van der Waals surface area contributed by atoms with Gasteiger partial charge in [0, 0.05) is 36.0 Å². The molecule has 0 unspecified atom stereocenters. The molecule has 36 heavy (non-hydrogen) atoms. The van der Waals surface area contributed by atoms with Gasteiger partial charge in [-0.1, -0.05) is 37.1 Å². The SMILES string of the molecule is Cc1ncc(-c2ccc(=O)n(C3CCCC3)c2)nc1/C=C/C(=N)c1ccc(CNC(C)(C)CO)cc1. The fourth-order valence-electron chi connectivity index (χ4n) is 4.34. The van der Waals surface area contributed by atoms with Crippen molar-refractivity contribution in [3.63, 3.8) is 0 Å². The highest BCUT2D eigenvalue weighted by molar-refractivity contribution is 6.08. The number of allylic oxidation sites excluding steroid dienone is 1. The Hall–Kier alpha value is -3.42. The molecule has 1 aliphatic carbocycles. The van der Waals surface area contributed by atoms with Crippen LogP contribution < -0.4 is 10.9 Å². The second-order valence-corrected chi connectivity index (χ2v) is 10.2. The number of benzene rings is 1. The molecule has 0 spiro atoms. The molecule has 0 radical (unpaired) electrons. The van der Waals surface area contributed by atoms with Crippen LogP contribution in [-0.4, -0.2) is 37.5 Å². The Bertz CT molecular complexity index is 1300. The Balaban J connectivity index is 1.49. The Morgan fingerprint density at radius 3 is 2.61 bits per heavy atom. The molecule has 7 heteroatoms. The van der Waals surface area contributed by atoms with Crippen LogP contribution in [0.15, 0.2) is 59.7 Å². The number of aliphatic hydroxyl groups is 1. The first-order valence-corrected chi connectivity index (χ1v) is 12.5. The fourth-order valence-corrected chi connectivity index (χ4v) is 4.34. The minimum absolute atomic E-state index is 0.0261. The summed E-state index contributed by atoms with van der Waals surface area (Å²) in [5.74, 6) is 0. The highest BCUT2D eigenvalue weighted by Gasteiger charge is 2.18. The largest absolute Gasteiger partial charge is 0.394 e.